The van der Waals surface area contributed by atoms with E-state index in [1.165, 1.54) is 18.6 Å². The number of ether oxygens (including phenoxy) is 1. The Kier molecular flexibility index (Phi) is 4.70. The zero-order valence-corrected chi connectivity index (χ0v) is 15.0. The van der Waals surface area contributed by atoms with Crippen LogP contribution in [0.2, 0.25) is 0 Å². The molecule has 3 aromatic rings. The lowest BCUT2D eigenvalue weighted by Gasteiger charge is -2.24. The Morgan fingerprint density at radius 3 is 2.29 bits per heavy atom. The van der Waals surface area contributed by atoms with Gasteiger partial charge in [-0.25, -0.2) is 9.67 Å². The molecule has 0 spiro atoms. The number of hydrogen-bond donors (Lipinski definition) is 1. The predicted octanol–water partition coefficient (Wildman–Crippen LogP) is 4.76. The fourth-order valence-corrected chi connectivity index (χ4v) is 3.18. The maximum absolute atomic E-state index is 12.4. The number of anilines is 1. The summed E-state index contributed by atoms with van der Waals surface area (Å²) >= 11 is 0. The maximum atomic E-state index is 12.4. The van der Waals surface area contributed by atoms with Crippen molar-refractivity contribution in [1.29, 1.82) is 0 Å². The molecule has 1 saturated carbocycles. The van der Waals surface area contributed by atoms with Crippen LogP contribution in [0.3, 0.4) is 0 Å². The topological polar surface area (TPSA) is 66.0 Å². The Hall–Kier alpha value is -3.03. The summed E-state index contributed by atoms with van der Waals surface area (Å²) in [6.45, 7) is 0. The van der Waals surface area contributed by atoms with Crippen LogP contribution in [0.15, 0.2) is 48.5 Å². The van der Waals surface area contributed by atoms with E-state index in [1.807, 2.05) is 12.1 Å². The van der Waals surface area contributed by atoms with Crippen molar-refractivity contribution in [3.05, 3.63) is 54.4 Å². The smallest absolute Gasteiger partial charge is 0.406 e. The monoisotopic (exact) mass is 388 g/mol. The van der Waals surface area contributed by atoms with Gasteiger partial charge >= 0.3 is 6.36 Å². The minimum atomic E-state index is -4.72. The summed E-state index contributed by atoms with van der Waals surface area (Å²) < 4.78 is 42.8. The first-order chi connectivity index (χ1) is 13.4. The lowest BCUT2D eigenvalue weighted by atomic mass is 9.83. The molecule has 2 N–H and O–H groups in total. The molecule has 2 aromatic carbocycles. The molecule has 0 aliphatic heterocycles. The van der Waals surface area contributed by atoms with E-state index >= 15 is 0 Å². The number of halogens is 3. The van der Waals surface area contributed by atoms with E-state index in [0.717, 1.165) is 30.7 Å². The van der Waals surface area contributed by atoms with Gasteiger partial charge in [0.05, 0.1) is 5.69 Å². The van der Waals surface area contributed by atoms with Gasteiger partial charge in [-0.2, -0.15) is 0 Å². The average molecular weight is 388 g/mol. The minimum Gasteiger partial charge on any atom is -0.406 e. The van der Waals surface area contributed by atoms with E-state index in [4.69, 9.17) is 5.73 Å². The molecule has 146 valence electrons. The zero-order valence-electron chi connectivity index (χ0n) is 15.0. The van der Waals surface area contributed by atoms with Gasteiger partial charge < -0.3 is 10.5 Å². The van der Waals surface area contributed by atoms with Crippen molar-refractivity contribution in [3.8, 4) is 22.8 Å². The Bertz CT molecular complexity index is 945. The lowest BCUT2D eigenvalue weighted by Crippen LogP contribution is -2.17. The molecule has 0 unspecified atom stereocenters. The second kappa shape index (κ2) is 7.18. The molecular formula is C20H19F3N4O. The van der Waals surface area contributed by atoms with Gasteiger partial charge in [0.15, 0.2) is 5.82 Å². The molecule has 1 aliphatic carbocycles. The quantitative estimate of drug-likeness (QED) is 0.640. The lowest BCUT2D eigenvalue weighted by molar-refractivity contribution is -0.274. The van der Waals surface area contributed by atoms with Crippen molar-refractivity contribution in [2.45, 2.75) is 32.0 Å². The van der Waals surface area contributed by atoms with Crippen LogP contribution >= 0.6 is 0 Å². The number of hydrogen-bond acceptors (Lipinski definition) is 4. The Balaban J connectivity index is 1.66. The van der Waals surface area contributed by atoms with Crippen molar-refractivity contribution in [2.24, 2.45) is 5.92 Å². The molecule has 28 heavy (non-hydrogen) atoms. The highest BCUT2D eigenvalue weighted by molar-refractivity contribution is 5.58. The van der Waals surface area contributed by atoms with Crippen LogP contribution in [0.25, 0.3) is 17.1 Å². The highest BCUT2D eigenvalue weighted by Crippen LogP contribution is 2.31. The third-order valence-corrected chi connectivity index (χ3v) is 4.85. The fourth-order valence-electron chi connectivity index (χ4n) is 3.18. The first kappa shape index (κ1) is 18.3. The Morgan fingerprint density at radius 2 is 1.71 bits per heavy atom. The van der Waals surface area contributed by atoms with E-state index in [-0.39, 0.29) is 5.75 Å². The molecule has 1 heterocycles. The van der Waals surface area contributed by atoms with Gasteiger partial charge in [0.25, 0.3) is 0 Å². The number of nitrogens with two attached hydrogens (primary N) is 1. The number of nitrogens with zero attached hydrogens (tertiary/aromatic N) is 3. The molecular weight excluding hydrogens is 369 g/mol. The van der Waals surface area contributed by atoms with Crippen molar-refractivity contribution in [1.82, 2.24) is 14.8 Å². The van der Waals surface area contributed by atoms with Crippen LogP contribution in [0, 0.1) is 5.92 Å². The summed E-state index contributed by atoms with van der Waals surface area (Å²) in [4.78, 5) is 4.69. The van der Waals surface area contributed by atoms with Gasteiger partial charge in [0.2, 0.25) is 0 Å². The zero-order chi connectivity index (χ0) is 19.7. The first-order valence-electron chi connectivity index (χ1n) is 9.05. The third-order valence-electron chi connectivity index (χ3n) is 4.85. The molecule has 0 bridgehead atoms. The average Bonchev–Trinajstić information content (AvgIpc) is 3.02. The molecule has 1 fully saturated rings. The van der Waals surface area contributed by atoms with Gasteiger partial charge in [-0.1, -0.05) is 19.3 Å². The Labute approximate surface area is 160 Å². The number of benzene rings is 2. The van der Waals surface area contributed by atoms with Crippen LogP contribution in [0.1, 0.15) is 25.1 Å². The van der Waals surface area contributed by atoms with Gasteiger partial charge in [-0.3, -0.25) is 0 Å². The van der Waals surface area contributed by atoms with E-state index in [1.54, 1.807) is 28.9 Å². The van der Waals surface area contributed by atoms with Crippen molar-refractivity contribution in [3.63, 3.8) is 0 Å². The Morgan fingerprint density at radius 1 is 1.04 bits per heavy atom. The predicted molar refractivity (Wildman–Crippen MR) is 98.9 cm³/mol. The SMILES string of the molecule is Nc1ccc(-c2nc(CC3CCC3)n(-c3ccc(OC(F)(F)F)cc3)n2)cc1. The summed E-state index contributed by atoms with van der Waals surface area (Å²) in [6, 6.07) is 12.9. The molecule has 5 nitrogen and oxygen atoms in total. The summed E-state index contributed by atoms with van der Waals surface area (Å²) in [5.41, 5.74) is 7.86. The number of alkyl halides is 3. The van der Waals surface area contributed by atoms with Crippen molar-refractivity contribution in [2.75, 3.05) is 5.73 Å². The second-order valence-corrected chi connectivity index (χ2v) is 6.93. The van der Waals surface area contributed by atoms with Crippen LogP contribution in [0.5, 0.6) is 5.75 Å². The van der Waals surface area contributed by atoms with Gasteiger partial charge in [0, 0.05) is 17.7 Å². The van der Waals surface area contributed by atoms with E-state index in [9.17, 15) is 13.2 Å². The molecule has 4 rings (SSSR count). The summed E-state index contributed by atoms with van der Waals surface area (Å²) in [5.74, 6) is 1.65. The highest BCUT2D eigenvalue weighted by Gasteiger charge is 2.31. The van der Waals surface area contributed by atoms with Crippen LogP contribution in [-0.4, -0.2) is 21.1 Å². The molecule has 0 amide bonds. The van der Waals surface area contributed by atoms with Crippen LogP contribution in [0.4, 0.5) is 18.9 Å². The van der Waals surface area contributed by atoms with Gasteiger partial charge in [0.1, 0.15) is 11.6 Å². The standard InChI is InChI=1S/C20H19F3N4O/c21-20(22,23)28-17-10-8-16(9-11-17)27-18(12-13-2-1-3-13)25-19(26-27)14-4-6-15(24)7-5-14/h4-11,13H,1-3,12,24H2. The molecule has 0 saturated heterocycles. The molecule has 1 aromatic heterocycles. The number of aromatic nitrogens is 3. The molecule has 1 aliphatic rings. The molecule has 0 atom stereocenters. The summed E-state index contributed by atoms with van der Waals surface area (Å²) in [7, 11) is 0. The van der Waals surface area contributed by atoms with E-state index in [2.05, 4.69) is 14.8 Å². The van der Waals surface area contributed by atoms with E-state index < -0.39 is 6.36 Å². The largest absolute Gasteiger partial charge is 0.573 e. The summed E-state index contributed by atoms with van der Waals surface area (Å²) in [5, 5.41) is 4.60. The van der Waals surface area contributed by atoms with Crippen LogP contribution < -0.4 is 10.5 Å². The van der Waals surface area contributed by atoms with Crippen molar-refractivity contribution >= 4 is 5.69 Å². The number of nitrogen functional groups attached to an aromatic ring is 1. The highest BCUT2D eigenvalue weighted by atomic mass is 19.4. The van der Waals surface area contributed by atoms with Gasteiger partial charge in [-0.15, -0.1) is 18.3 Å². The third kappa shape index (κ3) is 4.11. The molecule has 8 heteroatoms. The van der Waals surface area contributed by atoms with E-state index in [0.29, 0.717) is 23.1 Å². The number of rotatable bonds is 5. The fraction of sp³-hybridized carbons (Fsp3) is 0.300. The summed E-state index contributed by atoms with van der Waals surface area (Å²) in [6.07, 6.45) is -0.410. The minimum absolute atomic E-state index is 0.268. The van der Waals surface area contributed by atoms with Crippen LogP contribution in [-0.2, 0) is 6.42 Å². The second-order valence-electron chi connectivity index (χ2n) is 6.93. The van der Waals surface area contributed by atoms with Crippen molar-refractivity contribution < 1.29 is 17.9 Å². The normalized spacial score (nSPS) is 14.7. The van der Waals surface area contributed by atoms with Gasteiger partial charge in [-0.05, 0) is 54.4 Å². The maximum Gasteiger partial charge on any atom is 0.573 e. The molecule has 0 radical (unpaired) electrons. The first-order valence-corrected chi connectivity index (χ1v) is 9.05.